The van der Waals surface area contributed by atoms with Crippen molar-refractivity contribution in [1.82, 2.24) is 14.7 Å². The fraction of sp³-hybridized carbons (Fsp3) is 0.462. The summed E-state index contributed by atoms with van der Waals surface area (Å²) in [5.41, 5.74) is 0.707. The molecule has 2 aromatic rings. The number of nitrogens with one attached hydrogen (secondary N) is 1. The average Bonchev–Trinajstić information content (AvgIpc) is 2.95. The van der Waals surface area contributed by atoms with Crippen molar-refractivity contribution in [2.75, 3.05) is 11.1 Å². The number of anilines is 1. The van der Waals surface area contributed by atoms with Gasteiger partial charge in [0, 0.05) is 30.9 Å². The van der Waals surface area contributed by atoms with Gasteiger partial charge in [0.2, 0.25) is 11.8 Å². The van der Waals surface area contributed by atoms with Crippen molar-refractivity contribution >= 4 is 23.6 Å². The maximum Gasteiger partial charge on any atom is 0.237 e. The van der Waals surface area contributed by atoms with Crippen molar-refractivity contribution in [3.8, 4) is 0 Å². The summed E-state index contributed by atoms with van der Waals surface area (Å²) in [5.74, 6) is 0.506. The van der Waals surface area contributed by atoms with E-state index < -0.39 is 0 Å². The lowest BCUT2D eigenvalue weighted by atomic mass is 9.92. The second kappa shape index (κ2) is 5.70. The fourth-order valence-electron chi connectivity index (χ4n) is 1.48. The second-order valence-electron chi connectivity index (χ2n) is 5.48. The largest absolute Gasteiger partial charge is 0.338 e. The number of rotatable bonds is 4. The molecule has 0 saturated heterocycles. The molecule has 0 spiro atoms. The molecule has 0 aliphatic carbocycles. The van der Waals surface area contributed by atoms with Gasteiger partial charge in [-0.3, -0.25) is 10.1 Å². The van der Waals surface area contributed by atoms with Crippen LogP contribution in [0.2, 0.25) is 0 Å². The predicted molar refractivity (Wildman–Crippen MR) is 77.8 cm³/mol. The molecule has 0 atom stereocenters. The Morgan fingerprint density at radius 2 is 2.25 bits per heavy atom. The molecule has 6 nitrogen and oxygen atoms in total. The van der Waals surface area contributed by atoms with Crippen LogP contribution in [-0.2, 0) is 17.3 Å². The highest BCUT2D eigenvalue weighted by Gasteiger charge is 2.19. The smallest absolute Gasteiger partial charge is 0.237 e. The Bertz CT molecular complexity index is 598. The van der Waals surface area contributed by atoms with Gasteiger partial charge in [-0.1, -0.05) is 37.7 Å². The van der Waals surface area contributed by atoms with Crippen molar-refractivity contribution in [2.45, 2.75) is 31.3 Å². The van der Waals surface area contributed by atoms with E-state index in [9.17, 15) is 4.79 Å². The first-order valence-corrected chi connectivity index (χ1v) is 7.22. The number of aromatic nitrogens is 3. The summed E-state index contributed by atoms with van der Waals surface area (Å²) in [4.78, 5) is 16.0. The minimum absolute atomic E-state index is 0.103. The standard InChI is InChI=1S/C13H18N4O2S/c1-13(2,3)9-7-11(19-16-9)15-10(18)8-20-12-14-5-6-17(12)4/h5-7H,8H2,1-4H3,(H,15,18). The van der Waals surface area contributed by atoms with Crippen LogP contribution in [-0.4, -0.2) is 26.4 Å². The Hall–Kier alpha value is -1.76. The maximum absolute atomic E-state index is 11.8. The van der Waals surface area contributed by atoms with E-state index in [0.717, 1.165) is 10.9 Å². The van der Waals surface area contributed by atoms with Crippen LogP contribution in [0.5, 0.6) is 0 Å². The number of nitrogens with zero attached hydrogens (tertiary/aromatic N) is 3. The van der Waals surface area contributed by atoms with Crippen LogP contribution in [0.1, 0.15) is 26.5 Å². The van der Waals surface area contributed by atoms with Gasteiger partial charge in [-0.15, -0.1) is 0 Å². The van der Waals surface area contributed by atoms with Crippen LogP contribution < -0.4 is 5.32 Å². The van der Waals surface area contributed by atoms with Crippen LogP contribution in [0.3, 0.4) is 0 Å². The molecule has 2 rings (SSSR count). The zero-order chi connectivity index (χ0) is 14.8. The van der Waals surface area contributed by atoms with Crippen molar-refractivity contribution in [2.24, 2.45) is 7.05 Å². The van der Waals surface area contributed by atoms with Crippen molar-refractivity contribution in [1.29, 1.82) is 0 Å². The van der Waals surface area contributed by atoms with E-state index in [-0.39, 0.29) is 17.1 Å². The van der Waals surface area contributed by atoms with E-state index in [1.165, 1.54) is 11.8 Å². The quantitative estimate of drug-likeness (QED) is 0.877. The van der Waals surface area contributed by atoms with E-state index in [4.69, 9.17) is 4.52 Å². The molecule has 108 valence electrons. The number of thioether (sulfide) groups is 1. The summed E-state index contributed by atoms with van der Waals surface area (Å²) >= 11 is 1.37. The zero-order valence-corrected chi connectivity index (χ0v) is 12.8. The molecule has 1 N–H and O–H groups in total. The Labute approximate surface area is 121 Å². The minimum Gasteiger partial charge on any atom is -0.338 e. The lowest BCUT2D eigenvalue weighted by Crippen LogP contribution is -2.14. The van der Waals surface area contributed by atoms with Crippen LogP contribution in [0.15, 0.2) is 28.1 Å². The highest BCUT2D eigenvalue weighted by molar-refractivity contribution is 7.99. The maximum atomic E-state index is 11.8. The van der Waals surface area contributed by atoms with Crippen LogP contribution in [0.25, 0.3) is 0 Å². The van der Waals surface area contributed by atoms with Crippen LogP contribution in [0, 0.1) is 0 Å². The summed E-state index contributed by atoms with van der Waals surface area (Å²) in [6.07, 6.45) is 3.54. The molecule has 1 amide bonds. The number of carbonyl (C=O) groups excluding carboxylic acids is 1. The highest BCUT2D eigenvalue weighted by Crippen LogP contribution is 2.23. The first kappa shape index (κ1) is 14.6. The molecule has 20 heavy (non-hydrogen) atoms. The van der Waals surface area contributed by atoms with Gasteiger partial charge >= 0.3 is 0 Å². The Morgan fingerprint density at radius 1 is 1.50 bits per heavy atom. The zero-order valence-electron chi connectivity index (χ0n) is 12.0. The van der Waals surface area contributed by atoms with Crippen molar-refractivity contribution < 1.29 is 9.32 Å². The van der Waals surface area contributed by atoms with Gasteiger partial charge in [0.05, 0.1) is 11.4 Å². The minimum atomic E-state index is -0.144. The average molecular weight is 294 g/mol. The normalized spacial score (nSPS) is 11.6. The lowest BCUT2D eigenvalue weighted by molar-refractivity contribution is -0.113. The summed E-state index contributed by atoms with van der Waals surface area (Å²) in [6.45, 7) is 6.11. The number of hydrogen-bond acceptors (Lipinski definition) is 5. The molecular weight excluding hydrogens is 276 g/mol. The van der Waals surface area contributed by atoms with Gasteiger partial charge < -0.3 is 9.09 Å². The molecular formula is C13H18N4O2S. The molecule has 0 saturated carbocycles. The number of carbonyl (C=O) groups is 1. The van der Waals surface area contributed by atoms with Crippen molar-refractivity contribution in [3.05, 3.63) is 24.2 Å². The Balaban J connectivity index is 1.89. The molecule has 0 aliphatic rings. The van der Waals surface area contributed by atoms with E-state index in [2.05, 4.69) is 15.5 Å². The van der Waals surface area contributed by atoms with Gasteiger partial charge in [-0.05, 0) is 0 Å². The number of imidazole rings is 1. The summed E-state index contributed by atoms with van der Waals surface area (Å²) in [5, 5.41) is 7.44. The van der Waals surface area contributed by atoms with Gasteiger partial charge in [0.15, 0.2) is 5.16 Å². The monoisotopic (exact) mass is 294 g/mol. The molecule has 0 radical (unpaired) electrons. The van der Waals surface area contributed by atoms with E-state index in [1.54, 1.807) is 12.3 Å². The third kappa shape index (κ3) is 3.63. The third-order valence-corrected chi connectivity index (χ3v) is 3.71. The van der Waals surface area contributed by atoms with E-state index >= 15 is 0 Å². The molecule has 2 aromatic heterocycles. The van der Waals surface area contributed by atoms with E-state index in [0.29, 0.717) is 5.88 Å². The van der Waals surface area contributed by atoms with Gasteiger partial charge in [0.25, 0.3) is 0 Å². The van der Waals surface area contributed by atoms with E-state index in [1.807, 2.05) is 38.6 Å². The summed E-state index contributed by atoms with van der Waals surface area (Å²) in [6, 6.07) is 1.75. The topological polar surface area (TPSA) is 73.0 Å². The van der Waals surface area contributed by atoms with Gasteiger partial charge in [-0.2, -0.15) is 0 Å². The number of hydrogen-bond donors (Lipinski definition) is 1. The van der Waals surface area contributed by atoms with Crippen LogP contribution >= 0.6 is 11.8 Å². The first-order chi connectivity index (χ1) is 9.36. The molecule has 0 bridgehead atoms. The molecule has 0 aromatic carbocycles. The van der Waals surface area contributed by atoms with Crippen molar-refractivity contribution in [3.63, 3.8) is 0 Å². The Kier molecular flexibility index (Phi) is 4.17. The number of aryl methyl sites for hydroxylation is 1. The molecule has 0 aliphatic heterocycles. The SMILES string of the molecule is Cn1ccnc1SCC(=O)Nc1cc(C(C)(C)C)no1. The molecule has 0 unspecified atom stereocenters. The van der Waals surface area contributed by atoms with Gasteiger partial charge in [0.1, 0.15) is 0 Å². The number of amides is 1. The third-order valence-electron chi connectivity index (χ3n) is 2.65. The summed E-state index contributed by atoms with van der Waals surface area (Å²) < 4.78 is 6.98. The Morgan fingerprint density at radius 3 is 2.80 bits per heavy atom. The molecule has 0 fully saturated rings. The highest BCUT2D eigenvalue weighted by atomic mass is 32.2. The molecule has 7 heteroatoms. The fourth-order valence-corrected chi connectivity index (χ4v) is 2.21. The summed E-state index contributed by atoms with van der Waals surface area (Å²) in [7, 11) is 1.89. The predicted octanol–water partition coefficient (Wildman–Crippen LogP) is 2.44. The first-order valence-electron chi connectivity index (χ1n) is 6.23. The second-order valence-corrected chi connectivity index (χ2v) is 6.43. The molecule has 2 heterocycles. The van der Waals surface area contributed by atoms with Crippen LogP contribution in [0.4, 0.5) is 5.88 Å². The lowest BCUT2D eigenvalue weighted by Gasteiger charge is -2.12. The van der Waals surface area contributed by atoms with Gasteiger partial charge in [-0.25, -0.2) is 4.98 Å².